The third-order valence-corrected chi connectivity index (χ3v) is 5.40. The minimum atomic E-state index is 0.732. The molecule has 5 nitrogen and oxygen atoms in total. The molecule has 2 aliphatic heterocycles. The van der Waals surface area contributed by atoms with E-state index in [0.29, 0.717) is 0 Å². The van der Waals surface area contributed by atoms with Crippen LogP contribution in [0.5, 0.6) is 0 Å². The van der Waals surface area contributed by atoms with Crippen molar-refractivity contribution in [2.24, 2.45) is 0 Å². The summed E-state index contributed by atoms with van der Waals surface area (Å²) in [7, 11) is 0. The van der Waals surface area contributed by atoms with Gasteiger partial charge in [-0.3, -0.25) is 0 Å². The lowest BCUT2D eigenvalue weighted by atomic mass is 10.00. The second-order valence-corrected chi connectivity index (χ2v) is 7.00. The summed E-state index contributed by atoms with van der Waals surface area (Å²) < 4.78 is 0. The smallest absolute Gasteiger partial charge is 0.247 e. The minimum absolute atomic E-state index is 0.732. The highest BCUT2D eigenvalue weighted by atomic mass is 15.3. The molecule has 0 atom stereocenters. The Balaban J connectivity index is 1.39. The molecular weight excluding hydrogens is 322 g/mol. The summed E-state index contributed by atoms with van der Waals surface area (Å²) in [6.45, 7) is 3.64. The predicted molar refractivity (Wildman–Crippen MR) is 102 cm³/mol. The first kappa shape index (κ1) is 15.3. The average molecular weight is 343 g/mol. The highest BCUT2D eigenvalue weighted by Crippen LogP contribution is 2.25. The van der Waals surface area contributed by atoms with E-state index in [9.17, 15) is 0 Å². The van der Waals surface area contributed by atoms with Crippen LogP contribution in [0.25, 0.3) is 0 Å². The van der Waals surface area contributed by atoms with Crippen molar-refractivity contribution in [3.63, 3.8) is 0 Å². The number of benzene rings is 2. The molecule has 0 spiro atoms. The van der Waals surface area contributed by atoms with Crippen LogP contribution in [0.4, 0.5) is 11.8 Å². The van der Waals surface area contributed by atoms with Gasteiger partial charge in [-0.2, -0.15) is 10.1 Å². The Hall–Kier alpha value is -2.95. The Morgan fingerprint density at radius 2 is 1.27 bits per heavy atom. The highest BCUT2D eigenvalue weighted by Gasteiger charge is 2.21. The van der Waals surface area contributed by atoms with Gasteiger partial charge >= 0.3 is 0 Å². The molecule has 26 heavy (non-hydrogen) atoms. The largest absolute Gasteiger partial charge is 0.350 e. The maximum atomic E-state index is 4.84. The summed E-state index contributed by atoms with van der Waals surface area (Å²) in [5, 5.41) is 8.56. The van der Waals surface area contributed by atoms with E-state index in [0.717, 1.165) is 50.8 Å². The zero-order chi connectivity index (χ0) is 17.3. The standard InChI is InChI=1S/C21H21N5/c1-3-7-18-14-25(11-9-16(18)5-1)20-13-22-24-21(23-20)26-12-10-17-6-2-4-8-19(17)15-26/h1-8,13H,9-12,14-15H2. The third-order valence-electron chi connectivity index (χ3n) is 5.40. The quantitative estimate of drug-likeness (QED) is 0.716. The summed E-state index contributed by atoms with van der Waals surface area (Å²) >= 11 is 0. The second-order valence-electron chi connectivity index (χ2n) is 7.00. The van der Waals surface area contributed by atoms with Crippen LogP contribution < -0.4 is 9.80 Å². The molecule has 0 saturated heterocycles. The fraction of sp³-hybridized carbons (Fsp3) is 0.286. The lowest BCUT2D eigenvalue weighted by Gasteiger charge is -2.31. The normalized spacial score (nSPS) is 16.2. The van der Waals surface area contributed by atoms with Crippen LogP contribution in [-0.4, -0.2) is 28.3 Å². The molecular formula is C21H21N5. The molecule has 0 aliphatic carbocycles. The van der Waals surface area contributed by atoms with Crippen LogP contribution in [-0.2, 0) is 25.9 Å². The number of aromatic nitrogens is 3. The molecule has 2 aromatic carbocycles. The molecule has 2 aliphatic rings. The second kappa shape index (κ2) is 6.41. The van der Waals surface area contributed by atoms with Crippen LogP contribution in [0.2, 0.25) is 0 Å². The fourth-order valence-corrected chi connectivity index (χ4v) is 3.93. The highest BCUT2D eigenvalue weighted by molar-refractivity contribution is 5.47. The molecule has 0 amide bonds. The molecule has 0 bridgehead atoms. The van der Waals surface area contributed by atoms with Crippen molar-refractivity contribution in [2.45, 2.75) is 25.9 Å². The predicted octanol–water partition coefficient (Wildman–Crippen LogP) is 3.00. The van der Waals surface area contributed by atoms with E-state index in [4.69, 9.17) is 4.98 Å². The first-order valence-corrected chi connectivity index (χ1v) is 9.20. The summed E-state index contributed by atoms with van der Waals surface area (Å²) in [5.74, 6) is 1.65. The zero-order valence-electron chi connectivity index (χ0n) is 14.7. The number of hydrogen-bond acceptors (Lipinski definition) is 5. The van der Waals surface area contributed by atoms with Gasteiger partial charge in [-0.15, -0.1) is 5.10 Å². The van der Waals surface area contributed by atoms with Crippen LogP contribution in [0.3, 0.4) is 0 Å². The summed E-state index contributed by atoms with van der Waals surface area (Å²) in [6.07, 6.45) is 3.86. The lowest BCUT2D eigenvalue weighted by molar-refractivity contribution is 0.680. The maximum Gasteiger partial charge on any atom is 0.247 e. The molecule has 5 rings (SSSR count). The van der Waals surface area contributed by atoms with E-state index < -0.39 is 0 Å². The molecule has 0 N–H and O–H groups in total. The minimum Gasteiger partial charge on any atom is -0.350 e. The van der Waals surface area contributed by atoms with Gasteiger partial charge in [0, 0.05) is 26.2 Å². The van der Waals surface area contributed by atoms with Crippen molar-refractivity contribution in [3.8, 4) is 0 Å². The Bertz CT molecular complexity index is 866. The average Bonchev–Trinajstić information content (AvgIpc) is 2.73. The zero-order valence-corrected chi connectivity index (χ0v) is 14.7. The van der Waals surface area contributed by atoms with Gasteiger partial charge in [0.2, 0.25) is 5.95 Å². The van der Waals surface area contributed by atoms with Crippen molar-refractivity contribution in [1.82, 2.24) is 15.2 Å². The Kier molecular flexibility index (Phi) is 3.77. The molecule has 3 aromatic rings. The van der Waals surface area contributed by atoms with E-state index in [1.165, 1.54) is 22.3 Å². The van der Waals surface area contributed by atoms with E-state index >= 15 is 0 Å². The number of anilines is 2. The van der Waals surface area contributed by atoms with E-state index in [-0.39, 0.29) is 0 Å². The van der Waals surface area contributed by atoms with Gasteiger partial charge in [-0.1, -0.05) is 48.5 Å². The van der Waals surface area contributed by atoms with Gasteiger partial charge < -0.3 is 9.80 Å². The first-order valence-electron chi connectivity index (χ1n) is 9.20. The number of fused-ring (bicyclic) bond motifs is 2. The van der Waals surface area contributed by atoms with Gasteiger partial charge in [-0.25, -0.2) is 0 Å². The van der Waals surface area contributed by atoms with Crippen LogP contribution in [0.1, 0.15) is 22.3 Å². The van der Waals surface area contributed by atoms with Gasteiger partial charge in [0.05, 0.1) is 6.20 Å². The number of nitrogens with zero attached hydrogens (tertiary/aromatic N) is 5. The monoisotopic (exact) mass is 343 g/mol. The van der Waals surface area contributed by atoms with Gasteiger partial charge in [-0.05, 0) is 35.1 Å². The fourth-order valence-electron chi connectivity index (χ4n) is 3.93. The van der Waals surface area contributed by atoms with E-state index in [1.54, 1.807) is 6.20 Å². The molecule has 0 saturated carbocycles. The van der Waals surface area contributed by atoms with Crippen LogP contribution >= 0.6 is 0 Å². The topological polar surface area (TPSA) is 45.2 Å². The molecule has 3 heterocycles. The molecule has 0 radical (unpaired) electrons. The van der Waals surface area contributed by atoms with Crippen LogP contribution in [0, 0.1) is 0 Å². The first-order chi connectivity index (χ1) is 12.9. The van der Waals surface area contributed by atoms with Crippen molar-refractivity contribution in [1.29, 1.82) is 0 Å². The SMILES string of the molecule is c1ccc2c(c1)CCN(c1cnnc(N3CCc4ccccc4C3)n1)C2. The van der Waals surface area contributed by atoms with E-state index in [1.807, 2.05) is 0 Å². The summed E-state index contributed by atoms with van der Waals surface area (Å²) in [4.78, 5) is 9.38. The maximum absolute atomic E-state index is 4.84. The number of hydrogen-bond donors (Lipinski definition) is 0. The summed E-state index contributed by atoms with van der Waals surface area (Å²) in [6, 6.07) is 17.3. The van der Waals surface area contributed by atoms with Crippen LogP contribution in [0.15, 0.2) is 54.7 Å². The molecule has 5 heteroatoms. The van der Waals surface area contributed by atoms with Crippen molar-refractivity contribution >= 4 is 11.8 Å². The Morgan fingerprint density at radius 1 is 0.692 bits per heavy atom. The summed E-state index contributed by atoms with van der Waals surface area (Å²) in [5.41, 5.74) is 5.62. The van der Waals surface area contributed by atoms with Gasteiger partial charge in [0.15, 0.2) is 5.82 Å². The molecule has 0 fully saturated rings. The lowest BCUT2D eigenvalue weighted by Crippen LogP contribution is -2.34. The molecule has 0 unspecified atom stereocenters. The van der Waals surface area contributed by atoms with E-state index in [2.05, 4.69) is 68.5 Å². The third kappa shape index (κ3) is 2.79. The molecule has 130 valence electrons. The Morgan fingerprint density at radius 3 is 1.96 bits per heavy atom. The van der Waals surface area contributed by atoms with Crippen molar-refractivity contribution < 1.29 is 0 Å². The Labute approximate surface area is 153 Å². The molecule has 1 aromatic heterocycles. The van der Waals surface area contributed by atoms with Gasteiger partial charge in [0.25, 0.3) is 0 Å². The number of rotatable bonds is 2. The van der Waals surface area contributed by atoms with Gasteiger partial charge in [0.1, 0.15) is 0 Å². The van der Waals surface area contributed by atoms with Crippen molar-refractivity contribution in [2.75, 3.05) is 22.9 Å². The van der Waals surface area contributed by atoms with Crippen molar-refractivity contribution in [3.05, 3.63) is 77.0 Å².